The molecule has 2 aromatic carbocycles. The van der Waals surface area contributed by atoms with Gasteiger partial charge in [0, 0.05) is 12.6 Å². The molecule has 0 aromatic heterocycles. The first-order valence-electron chi connectivity index (χ1n) is 8.88. The van der Waals surface area contributed by atoms with E-state index in [1.54, 1.807) is 25.3 Å². The molecule has 2 atom stereocenters. The Hall–Kier alpha value is -3.02. The van der Waals surface area contributed by atoms with Crippen LogP contribution < -0.4 is 20.1 Å². The lowest BCUT2D eigenvalue weighted by atomic mass is 10.1. The van der Waals surface area contributed by atoms with Gasteiger partial charge in [0.25, 0.3) is 0 Å². The monoisotopic (exact) mass is 368 g/mol. The van der Waals surface area contributed by atoms with Gasteiger partial charge in [0.15, 0.2) is 0 Å². The number of anilines is 1. The van der Waals surface area contributed by atoms with Crippen LogP contribution in [0.4, 0.5) is 5.69 Å². The minimum Gasteiger partial charge on any atom is -0.497 e. The van der Waals surface area contributed by atoms with Crippen molar-refractivity contribution in [3.8, 4) is 11.5 Å². The highest BCUT2D eigenvalue weighted by Gasteiger charge is 2.48. The highest BCUT2D eigenvalue weighted by Crippen LogP contribution is 2.40. The number of amides is 2. The van der Waals surface area contributed by atoms with Gasteiger partial charge in [-0.25, -0.2) is 0 Å². The van der Waals surface area contributed by atoms with Crippen LogP contribution in [0.2, 0.25) is 0 Å². The van der Waals surface area contributed by atoms with E-state index in [1.165, 1.54) is 7.11 Å². The molecule has 0 aliphatic heterocycles. The maximum Gasteiger partial charge on any atom is 0.228 e. The second-order valence-electron chi connectivity index (χ2n) is 6.71. The van der Waals surface area contributed by atoms with Crippen LogP contribution in [-0.4, -0.2) is 26.0 Å². The molecular formula is C21H24N2O4. The lowest BCUT2D eigenvalue weighted by Crippen LogP contribution is -2.27. The standard InChI is InChI=1S/C21H24N2O4/c1-13-5-4-6-14(9-13)12-22-20(24)16-11-17(16)21(25)23-18-8-7-15(26-2)10-19(18)27-3/h4-10,16-17H,11-12H2,1-3H3,(H,22,24)(H,23,25). The fraction of sp³-hybridized carbons (Fsp3) is 0.333. The smallest absolute Gasteiger partial charge is 0.228 e. The van der Waals surface area contributed by atoms with Crippen LogP contribution in [0.3, 0.4) is 0 Å². The molecule has 2 aromatic rings. The number of hydrogen-bond acceptors (Lipinski definition) is 4. The molecule has 3 rings (SSSR count). The highest BCUT2D eigenvalue weighted by atomic mass is 16.5. The van der Waals surface area contributed by atoms with Crippen molar-refractivity contribution >= 4 is 17.5 Å². The van der Waals surface area contributed by atoms with Crippen LogP contribution in [0, 0.1) is 18.8 Å². The van der Waals surface area contributed by atoms with Crippen molar-refractivity contribution in [2.45, 2.75) is 19.9 Å². The van der Waals surface area contributed by atoms with E-state index in [9.17, 15) is 9.59 Å². The number of benzene rings is 2. The summed E-state index contributed by atoms with van der Waals surface area (Å²) in [5, 5.41) is 5.76. The number of carbonyl (C=O) groups excluding carboxylic acids is 2. The zero-order chi connectivity index (χ0) is 19.4. The Morgan fingerprint density at radius 3 is 2.52 bits per heavy atom. The molecule has 1 aliphatic carbocycles. The summed E-state index contributed by atoms with van der Waals surface area (Å²) in [7, 11) is 3.10. The Kier molecular flexibility index (Phi) is 5.64. The summed E-state index contributed by atoms with van der Waals surface area (Å²) in [5.41, 5.74) is 2.76. The van der Waals surface area contributed by atoms with Crippen molar-refractivity contribution in [1.82, 2.24) is 5.32 Å². The zero-order valence-electron chi connectivity index (χ0n) is 15.7. The summed E-state index contributed by atoms with van der Waals surface area (Å²) in [6, 6.07) is 13.2. The first-order valence-corrected chi connectivity index (χ1v) is 8.88. The van der Waals surface area contributed by atoms with Gasteiger partial charge in [-0.05, 0) is 31.0 Å². The van der Waals surface area contributed by atoms with Crippen molar-refractivity contribution in [2.24, 2.45) is 11.8 Å². The Labute approximate surface area is 158 Å². The van der Waals surface area contributed by atoms with Crippen LogP contribution in [0.15, 0.2) is 42.5 Å². The zero-order valence-corrected chi connectivity index (χ0v) is 15.7. The normalized spacial score (nSPS) is 17.7. The third-order valence-electron chi connectivity index (χ3n) is 4.68. The van der Waals surface area contributed by atoms with Gasteiger partial charge in [0.2, 0.25) is 11.8 Å². The summed E-state index contributed by atoms with van der Waals surface area (Å²) >= 11 is 0. The maximum absolute atomic E-state index is 12.5. The predicted octanol–water partition coefficient (Wildman–Crippen LogP) is 2.90. The minimum atomic E-state index is -0.311. The topological polar surface area (TPSA) is 76.7 Å². The van der Waals surface area contributed by atoms with Crippen LogP contribution in [0.25, 0.3) is 0 Å². The van der Waals surface area contributed by atoms with E-state index in [0.29, 0.717) is 30.2 Å². The molecule has 1 fully saturated rings. The molecule has 6 nitrogen and oxygen atoms in total. The molecule has 0 heterocycles. The van der Waals surface area contributed by atoms with Gasteiger partial charge in [-0.15, -0.1) is 0 Å². The number of aryl methyl sites for hydroxylation is 1. The molecule has 0 saturated heterocycles. The molecule has 0 radical (unpaired) electrons. The molecule has 27 heavy (non-hydrogen) atoms. The van der Waals surface area contributed by atoms with Crippen LogP contribution in [0.1, 0.15) is 17.5 Å². The van der Waals surface area contributed by atoms with Gasteiger partial charge in [-0.3, -0.25) is 9.59 Å². The molecule has 1 aliphatic rings. The third-order valence-corrected chi connectivity index (χ3v) is 4.68. The molecule has 0 spiro atoms. The Balaban J connectivity index is 1.53. The summed E-state index contributed by atoms with van der Waals surface area (Å²) in [6.45, 7) is 2.48. The molecule has 6 heteroatoms. The van der Waals surface area contributed by atoms with Gasteiger partial charge in [-0.1, -0.05) is 29.8 Å². The molecule has 0 bridgehead atoms. The van der Waals surface area contributed by atoms with E-state index < -0.39 is 0 Å². The maximum atomic E-state index is 12.5. The van der Waals surface area contributed by atoms with Gasteiger partial charge in [-0.2, -0.15) is 0 Å². The number of methoxy groups -OCH3 is 2. The van der Waals surface area contributed by atoms with E-state index >= 15 is 0 Å². The first kappa shape index (κ1) is 18.8. The SMILES string of the molecule is COc1ccc(NC(=O)C2CC2C(=O)NCc2cccc(C)c2)c(OC)c1. The fourth-order valence-electron chi connectivity index (χ4n) is 3.04. The average Bonchev–Trinajstić information content (AvgIpc) is 3.47. The van der Waals surface area contributed by atoms with Crippen molar-refractivity contribution < 1.29 is 19.1 Å². The summed E-state index contributed by atoms with van der Waals surface area (Å²) < 4.78 is 10.4. The molecule has 2 amide bonds. The fourth-order valence-corrected chi connectivity index (χ4v) is 3.04. The lowest BCUT2D eigenvalue weighted by molar-refractivity contribution is -0.125. The molecule has 142 valence electrons. The van der Waals surface area contributed by atoms with Gasteiger partial charge in [0.1, 0.15) is 11.5 Å². The van der Waals surface area contributed by atoms with Crippen LogP contribution in [0.5, 0.6) is 11.5 Å². The minimum absolute atomic E-state index is 0.0849. The van der Waals surface area contributed by atoms with Crippen molar-refractivity contribution in [3.63, 3.8) is 0 Å². The molecule has 1 saturated carbocycles. The van der Waals surface area contributed by atoms with E-state index in [-0.39, 0.29) is 23.7 Å². The highest BCUT2D eigenvalue weighted by molar-refractivity contribution is 6.00. The van der Waals surface area contributed by atoms with Gasteiger partial charge < -0.3 is 20.1 Å². The van der Waals surface area contributed by atoms with E-state index in [1.807, 2.05) is 31.2 Å². The van der Waals surface area contributed by atoms with Crippen LogP contribution >= 0.6 is 0 Å². The quantitative estimate of drug-likeness (QED) is 0.788. The van der Waals surface area contributed by atoms with E-state index in [0.717, 1.165) is 11.1 Å². The number of carbonyl (C=O) groups is 2. The van der Waals surface area contributed by atoms with E-state index in [4.69, 9.17) is 9.47 Å². The number of nitrogens with one attached hydrogen (secondary N) is 2. The molecule has 2 N–H and O–H groups in total. The summed E-state index contributed by atoms with van der Waals surface area (Å²) in [6.07, 6.45) is 0.559. The van der Waals surface area contributed by atoms with Crippen molar-refractivity contribution in [3.05, 3.63) is 53.6 Å². The summed E-state index contributed by atoms with van der Waals surface area (Å²) in [5.74, 6) is 0.314. The van der Waals surface area contributed by atoms with Gasteiger partial charge in [0.05, 0.1) is 31.7 Å². The summed E-state index contributed by atoms with van der Waals surface area (Å²) in [4.78, 5) is 24.8. The Morgan fingerprint density at radius 2 is 1.81 bits per heavy atom. The molecular weight excluding hydrogens is 344 g/mol. The van der Waals surface area contributed by atoms with Crippen molar-refractivity contribution in [2.75, 3.05) is 19.5 Å². The third kappa shape index (κ3) is 4.58. The molecule has 2 unspecified atom stereocenters. The number of rotatable bonds is 7. The van der Waals surface area contributed by atoms with Crippen molar-refractivity contribution in [1.29, 1.82) is 0 Å². The number of ether oxygens (including phenoxy) is 2. The van der Waals surface area contributed by atoms with E-state index in [2.05, 4.69) is 10.6 Å². The second kappa shape index (κ2) is 8.12. The Bertz CT molecular complexity index is 850. The average molecular weight is 368 g/mol. The predicted molar refractivity (Wildman–Crippen MR) is 103 cm³/mol. The van der Waals surface area contributed by atoms with Crippen LogP contribution in [-0.2, 0) is 16.1 Å². The number of hydrogen-bond donors (Lipinski definition) is 2. The lowest BCUT2D eigenvalue weighted by Gasteiger charge is -2.11. The second-order valence-corrected chi connectivity index (χ2v) is 6.71. The largest absolute Gasteiger partial charge is 0.497 e. The first-order chi connectivity index (χ1) is 13.0. The van der Waals surface area contributed by atoms with Gasteiger partial charge >= 0.3 is 0 Å². The Morgan fingerprint density at radius 1 is 1.04 bits per heavy atom.